The quantitative estimate of drug-likeness (QED) is 0.807. The summed E-state index contributed by atoms with van der Waals surface area (Å²) < 4.78 is 11.0. The SMILES string of the molecule is COc1cc(C(=O)Nc2ccccc2CN(C)C(C)=O)ccc1OC(C)C. The minimum Gasteiger partial charge on any atom is -0.493 e. The molecule has 2 aromatic rings. The highest BCUT2D eigenvalue weighted by molar-refractivity contribution is 6.05. The average Bonchev–Trinajstić information content (AvgIpc) is 2.62. The fourth-order valence-electron chi connectivity index (χ4n) is 2.50. The van der Waals surface area contributed by atoms with Crippen LogP contribution >= 0.6 is 0 Å². The first-order chi connectivity index (χ1) is 12.8. The molecule has 0 fully saturated rings. The van der Waals surface area contributed by atoms with E-state index in [4.69, 9.17) is 9.47 Å². The Bertz CT molecular complexity index is 818. The second-order valence-corrected chi connectivity index (χ2v) is 6.52. The van der Waals surface area contributed by atoms with Gasteiger partial charge in [-0.3, -0.25) is 9.59 Å². The van der Waals surface area contributed by atoms with Gasteiger partial charge in [0, 0.05) is 31.8 Å². The molecule has 0 aliphatic rings. The molecule has 0 aliphatic carbocycles. The highest BCUT2D eigenvalue weighted by Gasteiger charge is 2.14. The van der Waals surface area contributed by atoms with Gasteiger partial charge in [0.2, 0.25) is 5.91 Å². The monoisotopic (exact) mass is 370 g/mol. The second kappa shape index (κ2) is 9.07. The van der Waals surface area contributed by atoms with E-state index in [-0.39, 0.29) is 17.9 Å². The van der Waals surface area contributed by atoms with E-state index < -0.39 is 0 Å². The molecule has 2 aromatic carbocycles. The number of hydrogen-bond donors (Lipinski definition) is 1. The third-order valence-corrected chi connectivity index (χ3v) is 4.00. The molecular formula is C21H26N2O4. The molecule has 144 valence electrons. The van der Waals surface area contributed by atoms with Crippen LogP contribution in [-0.2, 0) is 11.3 Å². The Morgan fingerprint density at radius 3 is 2.44 bits per heavy atom. The summed E-state index contributed by atoms with van der Waals surface area (Å²) in [6.45, 7) is 5.77. The maximum atomic E-state index is 12.7. The van der Waals surface area contributed by atoms with Crippen molar-refractivity contribution in [1.29, 1.82) is 0 Å². The largest absolute Gasteiger partial charge is 0.493 e. The lowest BCUT2D eigenvalue weighted by atomic mass is 10.1. The van der Waals surface area contributed by atoms with Gasteiger partial charge >= 0.3 is 0 Å². The highest BCUT2D eigenvalue weighted by Crippen LogP contribution is 2.29. The number of nitrogens with one attached hydrogen (secondary N) is 1. The van der Waals surface area contributed by atoms with Crippen molar-refractivity contribution in [2.75, 3.05) is 19.5 Å². The van der Waals surface area contributed by atoms with Gasteiger partial charge in [0.25, 0.3) is 5.91 Å². The minimum absolute atomic E-state index is 0.00344. The Hall–Kier alpha value is -3.02. The van der Waals surface area contributed by atoms with Crippen LogP contribution in [0.1, 0.15) is 36.7 Å². The van der Waals surface area contributed by atoms with Gasteiger partial charge in [-0.2, -0.15) is 0 Å². The first kappa shape index (κ1) is 20.3. The maximum absolute atomic E-state index is 12.7. The van der Waals surface area contributed by atoms with E-state index in [1.807, 2.05) is 38.1 Å². The Balaban J connectivity index is 2.21. The van der Waals surface area contributed by atoms with Crippen LogP contribution in [0.15, 0.2) is 42.5 Å². The van der Waals surface area contributed by atoms with Gasteiger partial charge < -0.3 is 19.7 Å². The molecule has 0 saturated heterocycles. The number of ether oxygens (including phenoxy) is 2. The molecule has 2 amide bonds. The molecule has 0 atom stereocenters. The lowest BCUT2D eigenvalue weighted by molar-refractivity contribution is -0.128. The fraction of sp³-hybridized carbons (Fsp3) is 0.333. The zero-order valence-electron chi connectivity index (χ0n) is 16.4. The third kappa shape index (κ3) is 5.48. The Labute approximate surface area is 160 Å². The van der Waals surface area contributed by atoms with Crippen LogP contribution in [0.4, 0.5) is 5.69 Å². The van der Waals surface area contributed by atoms with Crippen LogP contribution in [0.3, 0.4) is 0 Å². The van der Waals surface area contributed by atoms with Crippen LogP contribution in [0.2, 0.25) is 0 Å². The van der Waals surface area contributed by atoms with E-state index in [1.165, 1.54) is 14.0 Å². The predicted octanol–water partition coefficient (Wildman–Crippen LogP) is 3.71. The van der Waals surface area contributed by atoms with Crippen molar-refractivity contribution in [3.63, 3.8) is 0 Å². The summed E-state index contributed by atoms with van der Waals surface area (Å²) in [6, 6.07) is 12.5. The molecule has 6 heteroatoms. The topological polar surface area (TPSA) is 67.9 Å². The molecule has 6 nitrogen and oxygen atoms in total. The molecule has 0 spiro atoms. The van der Waals surface area contributed by atoms with Crippen molar-refractivity contribution >= 4 is 17.5 Å². The van der Waals surface area contributed by atoms with E-state index in [2.05, 4.69) is 5.32 Å². The van der Waals surface area contributed by atoms with E-state index in [0.29, 0.717) is 29.3 Å². The molecule has 0 radical (unpaired) electrons. The van der Waals surface area contributed by atoms with Crippen LogP contribution < -0.4 is 14.8 Å². The summed E-state index contributed by atoms with van der Waals surface area (Å²) in [4.78, 5) is 25.8. The lowest BCUT2D eigenvalue weighted by Crippen LogP contribution is -2.24. The number of benzene rings is 2. The van der Waals surface area contributed by atoms with E-state index in [1.54, 1.807) is 30.1 Å². The first-order valence-corrected chi connectivity index (χ1v) is 8.77. The first-order valence-electron chi connectivity index (χ1n) is 8.77. The molecular weight excluding hydrogens is 344 g/mol. The van der Waals surface area contributed by atoms with Gasteiger partial charge in [0.05, 0.1) is 13.2 Å². The van der Waals surface area contributed by atoms with Crippen molar-refractivity contribution in [3.05, 3.63) is 53.6 Å². The van der Waals surface area contributed by atoms with Gasteiger partial charge in [-0.15, -0.1) is 0 Å². The van der Waals surface area contributed by atoms with Gasteiger partial charge in [0.15, 0.2) is 11.5 Å². The second-order valence-electron chi connectivity index (χ2n) is 6.52. The third-order valence-electron chi connectivity index (χ3n) is 4.00. The van der Waals surface area contributed by atoms with Gasteiger partial charge in [-0.05, 0) is 43.7 Å². The summed E-state index contributed by atoms with van der Waals surface area (Å²) in [5, 5.41) is 2.91. The molecule has 27 heavy (non-hydrogen) atoms. The molecule has 1 N–H and O–H groups in total. The van der Waals surface area contributed by atoms with Crippen LogP contribution in [0.5, 0.6) is 11.5 Å². The van der Waals surface area contributed by atoms with Crippen LogP contribution in [-0.4, -0.2) is 37.0 Å². The summed E-state index contributed by atoms with van der Waals surface area (Å²) in [5.74, 6) is 0.789. The number of rotatable bonds is 7. The summed E-state index contributed by atoms with van der Waals surface area (Å²) in [7, 11) is 3.26. The van der Waals surface area contributed by atoms with Crippen molar-refractivity contribution in [3.8, 4) is 11.5 Å². The number of nitrogens with zero attached hydrogens (tertiary/aromatic N) is 1. The molecule has 2 rings (SSSR count). The van der Waals surface area contributed by atoms with Gasteiger partial charge in [-0.25, -0.2) is 0 Å². The van der Waals surface area contributed by atoms with Crippen molar-refractivity contribution in [2.45, 2.75) is 33.4 Å². The normalized spacial score (nSPS) is 10.4. The zero-order chi connectivity index (χ0) is 20.0. The van der Waals surface area contributed by atoms with E-state index in [9.17, 15) is 9.59 Å². The number of anilines is 1. The van der Waals surface area contributed by atoms with E-state index >= 15 is 0 Å². The van der Waals surface area contributed by atoms with Gasteiger partial charge in [-0.1, -0.05) is 18.2 Å². The van der Waals surface area contributed by atoms with Crippen molar-refractivity contribution < 1.29 is 19.1 Å². The van der Waals surface area contributed by atoms with Crippen molar-refractivity contribution in [2.24, 2.45) is 0 Å². The molecule has 0 bridgehead atoms. The molecule has 0 saturated carbocycles. The van der Waals surface area contributed by atoms with E-state index in [0.717, 1.165) is 5.56 Å². The number of carbonyl (C=O) groups excluding carboxylic acids is 2. The number of carbonyl (C=O) groups is 2. The molecule has 0 unspecified atom stereocenters. The zero-order valence-corrected chi connectivity index (χ0v) is 16.4. The minimum atomic E-state index is -0.262. The summed E-state index contributed by atoms with van der Waals surface area (Å²) in [5.41, 5.74) is 1.98. The van der Waals surface area contributed by atoms with Crippen LogP contribution in [0, 0.1) is 0 Å². The maximum Gasteiger partial charge on any atom is 0.255 e. The fourth-order valence-corrected chi connectivity index (χ4v) is 2.50. The van der Waals surface area contributed by atoms with Crippen LogP contribution in [0.25, 0.3) is 0 Å². The number of hydrogen-bond acceptors (Lipinski definition) is 4. The van der Waals surface area contributed by atoms with Gasteiger partial charge in [0.1, 0.15) is 0 Å². The average molecular weight is 370 g/mol. The predicted molar refractivity (Wildman–Crippen MR) is 105 cm³/mol. The standard InChI is InChI=1S/C21H26N2O4/c1-14(2)27-19-11-10-16(12-20(19)26-5)21(25)22-18-9-7-6-8-17(18)13-23(4)15(3)24/h6-12,14H,13H2,1-5H3,(H,22,25). The molecule has 0 aliphatic heterocycles. The number of amides is 2. The lowest BCUT2D eigenvalue weighted by Gasteiger charge is -2.18. The highest BCUT2D eigenvalue weighted by atomic mass is 16.5. The summed E-state index contributed by atoms with van der Waals surface area (Å²) >= 11 is 0. The Morgan fingerprint density at radius 2 is 1.81 bits per heavy atom. The molecule has 0 heterocycles. The summed E-state index contributed by atoms with van der Waals surface area (Å²) in [6.07, 6.45) is 0.00344. The Kier molecular flexibility index (Phi) is 6.82. The Morgan fingerprint density at radius 1 is 1.11 bits per heavy atom. The number of methoxy groups -OCH3 is 1. The molecule has 0 aromatic heterocycles. The smallest absolute Gasteiger partial charge is 0.255 e. The number of para-hydroxylation sites is 1. The van der Waals surface area contributed by atoms with Crippen molar-refractivity contribution in [1.82, 2.24) is 4.90 Å².